The fourth-order valence-corrected chi connectivity index (χ4v) is 2.32. The van der Waals surface area contributed by atoms with Gasteiger partial charge in [-0.15, -0.1) is 0 Å². The van der Waals surface area contributed by atoms with E-state index in [0.29, 0.717) is 6.54 Å². The average molecular weight is 285 g/mol. The Balaban J connectivity index is 1.64. The van der Waals surface area contributed by atoms with E-state index < -0.39 is 0 Å². The van der Waals surface area contributed by atoms with Crippen LogP contribution in [0.1, 0.15) is 29.9 Å². The standard InChI is InChI=1S/C15H19N5O/c1-10(13-9-17-20(3)11(13)2)16-8-12-7-14(19-18-12)15-5-4-6-21-15/h4-7,9-10,16H,8H2,1-3H3,(H,18,19). The minimum absolute atomic E-state index is 0.231. The smallest absolute Gasteiger partial charge is 0.154 e. The van der Waals surface area contributed by atoms with E-state index in [0.717, 1.165) is 17.1 Å². The highest BCUT2D eigenvalue weighted by Crippen LogP contribution is 2.19. The van der Waals surface area contributed by atoms with Crippen molar-refractivity contribution in [2.24, 2.45) is 7.05 Å². The minimum atomic E-state index is 0.231. The first-order valence-electron chi connectivity index (χ1n) is 6.95. The molecule has 3 aromatic rings. The van der Waals surface area contributed by atoms with Gasteiger partial charge >= 0.3 is 0 Å². The minimum Gasteiger partial charge on any atom is -0.463 e. The number of hydrogen-bond acceptors (Lipinski definition) is 4. The topological polar surface area (TPSA) is 71.7 Å². The van der Waals surface area contributed by atoms with Gasteiger partial charge in [-0.1, -0.05) is 0 Å². The van der Waals surface area contributed by atoms with Crippen molar-refractivity contribution in [3.8, 4) is 11.5 Å². The molecule has 0 saturated carbocycles. The van der Waals surface area contributed by atoms with Crippen LogP contribution in [0.5, 0.6) is 0 Å². The highest BCUT2D eigenvalue weighted by Gasteiger charge is 2.12. The van der Waals surface area contributed by atoms with E-state index in [1.54, 1.807) is 6.26 Å². The molecule has 0 aliphatic rings. The van der Waals surface area contributed by atoms with Gasteiger partial charge in [0.05, 0.1) is 12.5 Å². The molecule has 3 aromatic heterocycles. The summed E-state index contributed by atoms with van der Waals surface area (Å²) in [5.74, 6) is 0.772. The van der Waals surface area contributed by atoms with Crippen LogP contribution in [0.25, 0.3) is 11.5 Å². The van der Waals surface area contributed by atoms with E-state index in [1.165, 1.54) is 11.3 Å². The molecule has 21 heavy (non-hydrogen) atoms. The summed E-state index contributed by atoms with van der Waals surface area (Å²) in [6, 6.07) is 5.98. The Morgan fingerprint density at radius 2 is 2.33 bits per heavy atom. The largest absolute Gasteiger partial charge is 0.463 e. The monoisotopic (exact) mass is 285 g/mol. The number of aromatic amines is 1. The molecule has 0 radical (unpaired) electrons. The number of hydrogen-bond donors (Lipinski definition) is 2. The van der Waals surface area contributed by atoms with E-state index in [2.05, 4.69) is 34.5 Å². The number of aromatic nitrogens is 4. The maximum atomic E-state index is 5.33. The maximum Gasteiger partial charge on any atom is 0.154 e. The third kappa shape index (κ3) is 2.75. The van der Waals surface area contributed by atoms with Gasteiger partial charge in [0.1, 0.15) is 5.69 Å². The predicted molar refractivity (Wildman–Crippen MR) is 79.5 cm³/mol. The Morgan fingerprint density at radius 1 is 1.48 bits per heavy atom. The summed E-state index contributed by atoms with van der Waals surface area (Å²) in [7, 11) is 1.95. The molecule has 1 unspecified atom stereocenters. The van der Waals surface area contributed by atoms with Gasteiger partial charge in [0.15, 0.2) is 5.76 Å². The Labute approximate surface area is 123 Å². The molecular formula is C15H19N5O. The quantitative estimate of drug-likeness (QED) is 0.755. The summed E-state index contributed by atoms with van der Waals surface area (Å²) in [5.41, 5.74) is 4.23. The second kappa shape index (κ2) is 5.57. The van der Waals surface area contributed by atoms with Crippen molar-refractivity contribution in [3.63, 3.8) is 0 Å². The molecule has 0 aliphatic heterocycles. The highest BCUT2D eigenvalue weighted by molar-refractivity contribution is 5.51. The Kier molecular flexibility index (Phi) is 3.62. The Bertz CT molecular complexity index is 710. The molecule has 0 spiro atoms. The summed E-state index contributed by atoms with van der Waals surface area (Å²) >= 11 is 0. The molecule has 0 fully saturated rings. The van der Waals surface area contributed by atoms with Gasteiger partial charge in [0, 0.05) is 36.6 Å². The second-order valence-corrected chi connectivity index (χ2v) is 5.17. The van der Waals surface area contributed by atoms with Crippen LogP contribution >= 0.6 is 0 Å². The summed E-state index contributed by atoms with van der Waals surface area (Å²) < 4.78 is 7.22. The fourth-order valence-electron chi connectivity index (χ4n) is 2.32. The van der Waals surface area contributed by atoms with E-state index in [1.807, 2.05) is 36.1 Å². The highest BCUT2D eigenvalue weighted by atomic mass is 16.3. The molecule has 6 nitrogen and oxygen atoms in total. The zero-order valence-corrected chi connectivity index (χ0v) is 12.4. The zero-order chi connectivity index (χ0) is 14.8. The van der Waals surface area contributed by atoms with Crippen molar-refractivity contribution >= 4 is 0 Å². The van der Waals surface area contributed by atoms with Crippen LogP contribution in [0.3, 0.4) is 0 Å². The van der Waals surface area contributed by atoms with Crippen LogP contribution in [-0.2, 0) is 13.6 Å². The molecule has 0 amide bonds. The summed E-state index contributed by atoms with van der Waals surface area (Å²) in [6.45, 7) is 4.92. The van der Waals surface area contributed by atoms with Gasteiger partial charge in [-0.3, -0.25) is 9.78 Å². The molecule has 3 rings (SSSR count). The first kappa shape index (κ1) is 13.6. The number of rotatable bonds is 5. The molecule has 0 bridgehead atoms. The molecule has 0 saturated heterocycles. The lowest BCUT2D eigenvalue weighted by molar-refractivity contribution is 0.563. The lowest BCUT2D eigenvalue weighted by Gasteiger charge is -2.12. The predicted octanol–water partition coefficient (Wildman–Crippen LogP) is 2.56. The third-order valence-corrected chi connectivity index (χ3v) is 3.74. The van der Waals surface area contributed by atoms with Crippen LogP contribution in [0, 0.1) is 6.92 Å². The van der Waals surface area contributed by atoms with Crippen molar-refractivity contribution in [3.05, 3.63) is 47.6 Å². The summed E-state index contributed by atoms with van der Waals surface area (Å²) in [4.78, 5) is 0. The van der Waals surface area contributed by atoms with E-state index in [9.17, 15) is 0 Å². The lowest BCUT2D eigenvalue weighted by atomic mass is 10.1. The molecule has 110 valence electrons. The van der Waals surface area contributed by atoms with Crippen LogP contribution in [0.4, 0.5) is 0 Å². The van der Waals surface area contributed by atoms with Crippen molar-refractivity contribution in [1.82, 2.24) is 25.3 Å². The number of nitrogens with zero attached hydrogens (tertiary/aromatic N) is 3. The Hall–Kier alpha value is -2.34. The maximum absolute atomic E-state index is 5.33. The normalized spacial score (nSPS) is 12.7. The fraction of sp³-hybridized carbons (Fsp3) is 0.333. The molecular weight excluding hydrogens is 266 g/mol. The molecule has 0 aliphatic carbocycles. The van der Waals surface area contributed by atoms with Crippen LogP contribution in [0.15, 0.2) is 35.1 Å². The van der Waals surface area contributed by atoms with Gasteiger partial charge in [-0.05, 0) is 32.0 Å². The van der Waals surface area contributed by atoms with Crippen LogP contribution in [-0.4, -0.2) is 20.0 Å². The van der Waals surface area contributed by atoms with Crippen LogP contribution < -0.4 is 5.32 Å². The number of aryl methyl sites for hydroxylation is 1. The van der Waals surface area contributed by atoms with E-state index >= 15 is 0 Å². The molecule has 3 heterocycles. The molecule has 1 atom stereocenters. The molecule has 6 heteroatoms. The van der Waals surface area contributed by atoms with Gasteiger partial charge in [0.25, 0.3) is 0 Å². The van der Waals surface area contributed by atoms with Crippen molar-refractivity contribution < 1.29 is 4.42 Å². The third-order valence-electron chi connectivity index (χ3n) is 3.74. The lowest BCUT2D eigenvalue weighted by Crippen LogP contribution is -2.18. The first-order valence-corrected chi connectivity index (χ1v) is 6.95. The SMILES string of the molecule is Cc1c(C(C)NCc2cc(-c3ccco3)n[nH]2)cnn1C. The van der Waals surface area contributed by atoms with E-state index in [-0.39, 0.29) is 6.04 Å². The summed E-state index contributed by atoms with van der Waals surface area (Å²) in [5, 5.41) is 15.0. The van der Waals surface area contributed by atoms with Crippen molar-refractivity contribution in [2.75, 3.05) is 0 Å². The number of furan rings is 1. The van der Waals surface area contributed by atoms with Gasteiger partial charge in [-0.2, -0.15) is 10.2 Å². The summed E-state index contributed by atoms with van der Waals surface area (Å²) in [6.07, 6.45) is 3.56. The zero-order valence-electron chi connectivity index (χ0n) is 12.4. The van der Waals surface area contributed by atoms with Crippen molar-refractivity contribution in [1.29, 1.82) is 0 Å². The van der Waals surface area contributed by atoms with E-state index in [4.69, 9.17) is 4.42 Å². The molecule has 2 N–H and O–H groups in total. The average Bonchev–Trinajstić information content (AvgIpc) is 3.19. The first-order chi connectivity index (χ1) is 10.1. The Morgan fingerprint density at radius 3 is 3.00 bits per heavy atom. The van der Waals surface area contributed by atoms with Crippen LogP contribution in [0.2, 0.25) is 0 Å². The van der Waals surface area contributed by atoms with Gasteiger partial charge in [0.2, 0.25) is 0 Å². The van der Waals surface area contributed by atoms with Crippen molar-refractivity contribution in [2.45, 2.75) is 26.4 Å². The molecule has 0 aromatic carbocycles. The van der Waals surface area contributed by atoms with Gasteiger partial charge < -0.3 is 9.73 Å². The van der Waals surface area contributed by atoms with Gasteiger partial charge in [-0.25, -0.2) is 0 Å². The number of H-pyrrole nitrogens is 1. The second-order valence-electron chi connectivity index (χ2n) is 5.17. The number of nitrogens with one attached hydrogen (secondary N) is 2.